The summed E-state index contributed by atoms with van der Waals surface area (Å²) >= 11 is 1.58. The van der Waals surface area contributed by atoms with Gasteiger partial charge in [-0.1, -0.05) is 30.3 Å². The van der Waals surface area contributed by atoms with Crippen molar-refractivity contribution in [2.24, 2.45) is 0 Å². The van der Waals surface area contributed by atoms with Crippen LogP contribution in [0.3, 0.4) is 0 Å². The molecule has 4 rings (SSSR count). The normalized spacial score (nSPS) is 18.7. The second-order valence-electron chi connectivity index (χ2n) is 6.84. The SMILES string of the molecule is Cc1scc(C(=O)NC2CC(c3cc(=O)[nH]c(N)n3)C2)c1-c1ccccc1. The molecule has 1 fully saturated rings. The van der Waals surface area contributed by atoms with Crippen LogP contribution >= 0.6 is 11.3 Å². The number of rotatable bonds is 4. The molecule has 1 saturated carbocycles. The average Bonchev–Trinajstić information content (AvgIpc) is 2.99. The first-order valence-corrected chi connectivity index (χ1v) is 9.70. The Morgan fingerprint density at radius 2 is 2.04 bits per heavy atom. The second-order valence-corrected chi connectivity index (χ2v) is 7.92. The number of carbonyl (C=O) groups excluding carboxylic acids is 1. The van der Waals surface area contributed by atoms with Gasteiger partial charge in [-0.05, 0) is 25.3 Å². The summed E-state index contributed by atoms with van der Waals surface area (Å²) in [5.41, 5.74) is 8.82. The van der Waals surface area contributed by atoms with Gasteiger partial charge < -0.3 is 11.1 Å². The van der Waals surface area contributed by atoms with Crippen molar-refractivity contribution < 1.29 is 4.79 Å². The van der Waals surface area contributed by atoms with Crippen molar-refractivity contribution in [1.29, 1.82) is 0 Å². The molecule has 0 spiro atoms. The van der Waals surface area contributed by atoms with E-state index in [1.54, 1.807) is 11.3 Å². The molecule has 1 aliphatic carbocycles. The first-order valence-electron chi connectivity index (χ1n) is 8.82. The van der Waals surface area contributed by atoms with Gasteiger partial charge in [-0.15, -0.1) is 11.3 Å². The van der Waals surface area contributed by atoms with Crippen LogP contribution in [0.5, 0.6) is 0 Å². The third kappa shape index (κ3) is 3.50. The van der Waals surface area contributed by atoms with Gasteiger partial charge in [-0.2, -0.15) is 0 Å². The number of amides is 1. The van der Waals surface area contributed by atoms with Gasteiger partial charge in [0.1, 0.15) is 0 Å². The lowest BCUT2D eigenvalue weighted by Gasteiger charge is -2.35. The minimum Gasteiger partial charge on any atom is -0.369 e. The third-order valence-electron chi connectivity index (χ3n) is 4.95. The number of nitrogens with one attached hydrogen (secondary N) is 2. The number of anilines is 1. The summed E-state index contributed by atoms with van der Waals surface area (Å²) < 4.78 is 0. The van der Waals surface area contributed by atoms with E-state index in [1.165, 1.54) is 6.07 Å². The molecule has 0 unspecified atom stereocenters. The maximum atomic E-state index is 12.8. The van der Waals surface area contributed by atoms with E-state index in [9.17, 15) is 9.59 Å². The van der Waals surface area contributed by atoms with Crippen molar-refractivity contribution in [3.05, 3.63) is 68.3 Å². The fourth-order valence-corrected chi connectivity index (χ4v) is 4.40. The zero-order valence-corrected chi connectivity index (χ0v) is 15.7. The molecule has 27 heavy (non-hydrogen) atoms. The zero-order chi connectivity index (χ0) is 19.0. The van der Waals surface area contributed by atoms with Gasteiger partial charge in [0, 0.05) is 33.8 Å². The van der Waals surface area contributed by atoms with E-state index in [0.717, 1.165) is 28.8 Å². The Bertz CT molecular complexity index is 1040. The van der Waals surface area contributed by atoms with Crippen LogP contribution in [-0.2, 0) is 0 Å². The number of aryl methyl sites for hydroxylation is 1. The molecular weight excluding hydrogens is 360 g/mol. The maximum absolute atomic E-state index is 12.8. The minimum absolute atomic E-state index is 0.0555. The van der Waals surface area contributed by atoms with Crippen LogP contribution in [-0.4, -0.2) is 21.9 Å². The van der Waals surface area contributed by atoms with Crippen LogP contribution in [0.4, 0.5) is 5.95 Å². The second kappa shape index (κ2) is 7.00. The largest absolute Gasteiger partial charge is 0.369 e. The van der Waals surface area contributed by atoms with Crippen molar-refractivity contribution in [2.75, 3.05) is 5.73 Å². The average molecular weight is 380 g/mol. The summed E-state index contributed by atoms with van der Waals surface area (Å²) in [6.07, 6.45) is 1.51. The fourth-order valence-electron chi connectivity index (χ4n) is 3.53. The number of nitrogen functional groups attached to an aromatic ring is 1. The highest BCUT2D eigenvalue weighted by Crippen LogP contribution is 2.37. The molecule has 0 radical (unpaired) electrons. The first kappa shape index (κ1) is 17.5. The Morgan fingerprint density at radius 3 is 2.74 bits per heavy atom. The van der Waals surface area contributed by atoms with E-state index in [2.05, 4.69) is 15.3 Å². The number of nitrogens with zero attached hydrogens (tertiary/aromatic N) is 1. The predicted octanol–water partition coefficient (Wildman–Crippen LogP) is 3.07. The number of nitrogens with two attached hydrogens (primary N) is 1. The number of aromatic amines is 1. The smallest absolute Gasteiger partial charge is 0.252 e. The number of benzene rings is 1. The number of thiophene rings is 1. The highest BCUT2D eigenvalue weighted by atomic mass is 32.1. The Kier molecular flexibility index (Phi) is 4.53. The first-order chi connectivity index (χ1) is 13.0. The van der Waals surface area contributed by atoms with Gasteiger partial charge in [-0.3, -0.25) is 14.6 Å². The molecule has 6 nitrogen and oxygen atoms in total. The lowest BCUT2D eigenvalue weighted by atomic mass is 9.78. The van der Waals surface area contributed by atoms with Crippen molar-refractivity contribution in [2.45, 2.75) is 31.7 Å². The Labute approximate surface area is 160 Å². The molecule has 0 atom stereocenters. The highest BCUT2D eigenvalue weighted by Gasteiger charge is 2.33. The van der Waals surface area contributed by atoms with Gasteiger partial charge >= 0.3 is 0 Å². The van der Waals surface area contributed by atoms with E-state index in [0.29, 0.717) is 11.3 Å². The van der Waals surface area contributed by atoms with Crippen molar-refractivity contribution >= 4 is 23.2 Å². The lowest BCUT2D eigenvalue weighted by molar-refractivity contribution is 0.0909. The van der Waals surface area contributed by atoms with Crippen LogP contribution in [0.1, 0.15) is 39.7 Å². The number of carbonyl (C=O) groups is 1. The van der Waals surface area contributed by atoms with E-state index in [4.69, 9.17) is 5.73 Å². The van der Waals surface area contributed by atoms with Crippen molar-refractivity contribution in [1.82, 2.24) is 15.3 Å². The summed E-state index contributed by atoms with van der Waals surface area (Å²) in [4.78, 5) is 32.1. The quantitative estimate of drug-likeness (QED) is 0.647. The van der Waals surface area contributed by atoms with Crippen LogP contribution in [0.15, 0.2) is 46.6 Å². The van der Waals surface area contributed by atoms with E-state index < -0.39 is 0 Å². The van der Waals surface area contributed by atoms with E-state index >= 15 is 0 Å². The minimum atomic E-state index is -0.244. The molecule has 0 aliphatic heterocycles. The van der Waals surface area contributed by atoms with Crippen LogP contribution in [0, 0.1) is 6.92 Å². The van der Waals surface area contributed by atoms with Crippen LogP contribution in [0.2, 0.25) is 0 Å². The van der Waals surface area contributed by atoms with E-state index in [1.807, 2.05) is 42.6 Å². The van der Waals surface area contributed by atoms with Crippen molar-refractivity contribution in [3.8, 4) is 11.1 Å². The molecule has 1 aliphatic rings. The molecule has 4 N–H and O–H groups in total. The monoisotopic (exact) mass is 380 g/mol. The summed E-state index contributed by atoms with van der Waals surface area (Å²) in [6, 6.07) is 11.5. The van der Waals surface area contributed by atoms with Crippen LogP contribution < -0.4 is 16.6 Å². The molecule has 0 saturated heterocycles. The standard InChI is InChI=1S/C20H20N4O2S/c1-11-18(12-5-3-2-4-6-12)15(10-27-11)19(26)22-14-7-13(8-14)16-9-17(25)24-20(21)23-16/h2-6,9-10,13-14H,7-8H2,1H3,(H,22,26)(H3,21,23,24,25). The fraction of sp³-hybridized carbons (Fsp3) is 0.250. The summed E-state index contributed by atoms with van der Waals surface area (Å²) in [7, 11) is 0. The zero-order valence-electron chi connectivity index (χ0n) is 14.9. The number of hydrogen-bond donors (Lipinski definition) is 3. The molecule has 2 aromatic heterocycles. The molecule has 7 heteroatoms. The van der Waals surface area contributed by atoms with Crippen LogP contribution in [0.25, 0.3) is 11.1 Å². The van der Waals surface area contributed by atoms with E-state index in [-0.39, 0.29) is 29.4 Å². The Balaban J connectivity index is 1.45. The molecule has 1 aromatic carbocycles. The van der Waals surface area contributed by atoms with Gasteiger partial charge in [0.25, 0.3) is 11.5 Å². The molecule has 3 aromatic rings. The Hall–Kier alpha value is -2.93. The maximum Gasteiger partial charge on any atom is 0.252 e. The molecule has 1 amide bonds. The number of H-pyrrole nitrogens is 1. The van der Waals surface area contributed by atoms with Gasteiger partial charge in [0.2, 0.25) is 5.95 Å². The highest BCUT2D eigenvalue weighted by molar-refractivity contribution is 7.10. The molecule has 0 bridgehead atoms. The third-order valence-corrected chi connectivity index (χ3v) is 5.86. The lowest BCUT2D eigenvalue weighted by Crippen LogP contribution is -2.43. The molecular formula is C20H20N4O2S. The summed E-state index contributed by atoms with van der Waals surface area (Å²) in [5.74, 6) is 0.226. The Morgan fingerprint density at radius 1 is 1.30 bits per heavy atom. The summed E-state index contributed by atoms with van der Waals surface area (Å²) in [6.45, 7) is 2.03. The van der Waals surface area contributed by atoms with Gasteiger partial charge in [0.05, 0.1) is 11.3 Å². The topological polar surface area (TPSA) is 101 Å². The molecule has 2 heterocycles. The van der Waals surface area contributed by atoms with Gasteiger partial charge in [0.15, 0.2) is 0 Å². The number of hydrogen-bond acceptors (Lipinski definition) is 5. The van der Waals surface area contributed by atoms with Gasteiger partial charge in [-0.25, -0.2) is 4.98 Å². The van der Waals surface area contributed by atoms with Crippen molar-refractivity contribution in [3.63, 3.8) is 0 Å². The molecule has 138 valence electrons. The predicted molar refractivity (Wildman–Crippen MR) is 107 cm³/mol. The summed E-state index contributed by atoms with van der Waals surface area (Å²) in [5, 5.41) is 5.03. The number of aromatic nitrogens is 2.